The summed E-state index contributed by atoms with van der Waals surface area (Å²) < 4.78 is 6.02. The van der Waals surface area contributed by atoms with Crippen molar-refractivity contribution >= 4 is 28.0 Å². The predicted molar refractivity (Wildman–Crippen MR) is 107 cm³/mol. The maximum atomic E-state index is 12.7. The third kappa shape index (κ3) is 3.07. The Hall–Kier alpha value is -3.06. The molecule has 5 rings (SSSR count). The summed E-state index contributed by atoms with van der Waals surface area (Å²) in [4.78, 5) is 19.0. The number of piperidine rings is 1. The summed E-state index contributed by atoms with van der Waals surface area (Å²) in [6.45, 7) is 1.36. The van der Waals surface area contributed by atoms with Crippen LogP contribution in [0, 0.1) is 0 Å². The number of fused-ring (bicyclic) bond motifs is 1. The summed E-state index contributed by atoms with van der Waals surface area (Å²) in [5.41, 5.74) is 1.44. The Morgan fingerprint density at radius 3 is 3.00 bits per heavy atom. The van der Waals surface area contributed by atoms with Crippen LogP contribution in [0.2, 0.25) is 0 Å². The van der Waals surface area contributed by atoms with Gasteiger partial charge in [0.1, 0.15) is 5.69 Å². The van der Waals surface area contributed by atoms with Gasteiger partial charge in [-0.1, -0.05) is 24.3 Å². The van der Waals surface area contributed by atoms with E-state index in [-0.39, 0.29) is 11.8 Å². The predicted octanol–water partition coefficient (Wildman–Crippen LogP) is 4.37. The van der Waals surface area contributed by atoms with Gasteiger partial charge < -0.3 is 9.32 Å². The molecular weight excluding hydrogens is 372 g/mol. The van der Waals surface area contributed by atoms with E-state index in [0.29, 0.717) is 24.0 Å². The Bertz CT molecular complexity index is 1120. The van der Waals surface area contributed by atoms with E-state index in [0.717, 1.165) is 35.7 Å². The zero-order valence-electron chi connectivity index (χ0n) is 15.1. The number of benzene rings is 1. The Kier molecular flexibility index (Phi) is 4.37. The second kappa shape index (κ2) is 7.16. The van der Waals surface area contributed by atoms with E-state index in [1.165, 1.54) is 11.3 Å². The molecule has 1 aliphatic heterocycles. The quantitative estimate of drug-likeness (QED) is 0.519. The summed E-state index contributed by atoms with van der Waals surface area (Å²) in [6.07, 6.45) is 3.60. The maximum absolute atomic E-state index is 12.7. The molecule has 0 aliphatic carbocycles. The molecule has 1 fully saturated rings. The molecule has 6 nitrogen and oxygen atoms in total. The van der Waals surface area contributed by atoms with Crippen molar-refractivity contribution in [2.75, 3.05) is 13.1 Å². The van der Waals surface area contributed by atoms with Crippen LogP contribution in [-0.4, -0.2) is 39.1 Å². The van der Waals surface area contributed by atoms with Gasteiger partial charge in [-0.15, -0.1) is 10.2 Å². The average molecular weight is 390 g/mol. The molecule has 0 radical (unpaired) electrons. The van der Waals surface area contributed by atoms with Crippen LogP contribution < -0.4 is 0 Å². The highest BCUT2D eigenvalue weighted by Crippen LogP contribution is 2.31. The number of likely N-dealkylation sites (tertiary alicyclic amines) is 1. The minimum atomic E-state index is 0.0487. The molecule has 1 saturated heterocycles. The number of carbonyl (C=O) groups excluding carboxylic acids is 1. The summed E-state index contributed by atoms with van der Waals surface area (Å²) in [6, 6.07) is 11.8. The summed E-state index contributed by atoms with van der Waals surface area (Å²) in [5, 5.41) is 14.4. The molecule has 1 aromatic carbocycles. The number of aromatic nitrogens is 3. The fourth-order valence-corrected chi connectivity index (χ4v) is 4.35. The summed E-state index contributed by atoms with van der Waals surface area (Å²) in [5.74, 6) is 1.12. The van der Waals surface area contributed by atoms with Gasteiger partial charge >= 0.3 is 0 Å². The number of nitrogens with zero attached hydrogens (tertiary/aromatic N) is 4. The van der Waals surface area contributed by atoms with E-state index < -0.39 is 0 Å². The van der Waals surface area contributed by atoms with Crippen LogP contribution in [-0.2, 0) is 0 Å². The molecule has 140 valence electrons. The second-order valence-electron chi connectivity index (χ2n) is 6.93. The van der Waals surface area contributed by atoms with Gasteiger partial charge in [-0.2, -0.15) is 11.3 Å². The molecule has 1 aliphatic rings. The molecule has 0 saturated carbocycles. The van der Waals surface area contributed by atoms with Crippen LogP contribution in [0.3, 0.4) is 0 Å². The first-order valence-electron chi connectivity index (χ1n) is 9.28. The number of pyridine rings is 1. The van der Waals surface area contributed by atoms with E-state index in [9.17, 15) is 4.79 Å². The van der Waals surface area contributed by atoms with Crippen LogP contribution in [0.4, 0.5) is 0 Å². The van der Waals surface area contributed by atoms with Crippen molar-refractivity contribution in [1.29, 1.82) is 0 Å². The molecule has 0 bridgehead atoms. The first kappa shape index (κ1) is 17.1. The standard InChI is InChI=1S/C21H18N4O2S/c26-21(16-8-11-28-13-16)25-10-3-5-15(12-25)19-23-24-20(27-19)18-17-6-2-1-4-14(17)7-9-22-18/h1-2,4,6-9,11,13,15H,3,5,10,12H2/t15-/m0/s1. The molecule has 3 aromatic heterocycles. The lowest BCUT2D eigenvalue weighted by Crippen LogP contribution is -2.39. The topological polar surface area (TPSA) is 72.1 Å². The zero-order chi connectivity index (χ0) is 18.9. The highest BCUT2D eigenvalue weighted by Gasteiger charge is 2.29. The third-order valence-corrected chi connectivity index (χ3v) is 5.83. The van der Waals surface area contributed by atoms with Crippen LogP contribution in [0.5, 0.6) is 0 Å². The SMILES string of the molecule is O=C(c1ccsc1)N1CCC[C@H](c2nnc(-c3nccc4ccccc34)o2)C1. The van der Waals surface area contributed by atoms with Gasteiger partial charge in [0, 0.05) is 30.1 Å². The molecule has 7 heteroatoms. The first-order valence-corrected chi connectivity index (χ1v) is 10.2. The number of thiophene rings is 1. The van der Waals surface area contributed by atoms with E-state index in [4.69, 9.17) is 4.42 Å². The molecule has 28 heavy (non-hydrogen) atoms. The van der Waals surface area contributed by atoms with Crippen molar-refractivity contribution in [2.45, 2.75) is 18.8 Å². The Morgan fingerprint density at radius 2 is 2.11 bits per heavy atom. The minimum Gasteiger partial charge on any atom is -0.419 e. The minimum absolute atomic E-state index is 0.0487. The van der Waals surface area contributed by atoms with Gasteiger partial charge in [-0.3, -0.25) is 9.78 Å². The number of rotatable bonds is 3. The molecule has 4 heterocycles. The molecule has 4 aromatic rings. The van der Waals surface area contributed by atoms with Crippen LogP contribution in [0.15, 0.2) is 57.8 Å². The number of hydrogen-bond acceptors (Lipinski definition) is 6. The summed E-state index contributed by atoms with van der Waals surface area (Å²) in [7, 11) is 0. The van der Waals surface area contributed by atoms with Gasteiger partial charge in [-0.05, 0) is 35.7 Å². The lowest BCUT2D eigenvalue weighted by molar-refractivity contribution is 0.0699. The van der Waals surface area contributed by atoms with Crippen molar-refractivity contribution in [3.63, 3.8) is 0 Å². The smallest absolute Gasteiger partial charge is 0.266 e. The Labute approximate surface area is 165 Å². The number of carbonyl (C=O) groups is 1. The van der Waals surface area contributed by atoms with Crippen molar-refractivity contribution in [2.24, 2.45) is 0 Å². The first-order chi connectivity index (χ1) is 13.8. The van der Waals surface area contributed by atoms with Crippen LogP contribution >= 0.6 is 11.3 Å². The Morgan fingerprint density at radius 1 is 1.18 bits per heavy atom. The number of hydrogen-bond donors (Lipinski definition) is 0. The average Bonchev–Trinajstić information content (AvgIpc) is 3.45. The van der Waals surface area contributed by atoms with Gasteiger partial charge in [0.2, 0.25) is 5.89 Å². The number of amides is 1. The lowest BCUT2D eigenvalue weighted by Gasteiger charge is -2.30. The van der Waals surface area contributed by atoms with Crippen LogP contribution in [0.25, 0.3) is 22.4 Å². The van der Waals surface area contributed by atoms with E-state index in [1.54, 1.807) is 6.20 Å². The fourth-order valence-electron chi connectivity index (χ4n) is 3.72. The van der Waals surface area contributed by atoms with Crippen molar-refractivity contribution < 1.29 is 9.21 Å². The van der Waals surface area contributed by atoms with Crippen molar-refractivity contribution in [1.82, 2.24) is 20.1 Å². The molecule has 1 amide bonds. The largest absolute Gasteiger partial charge is 0.419 e. The molecular formula is C21H18N4O2S. The van der Waals surface area contributed by atoms with Gasteiger partial charge in [0.25, 0.3) is 11.8 Å². The van der Waals surface area contributed by atoms with Gasteiger partial charge in [-0.25, -0.2) is 0 Å². The van der Waals surface area contributed by atoms with Crippen molar-refractivity contribution in [3.05, 3.63) is 64.8 Å². The lowest BCUT2D eigenvalue weighted by atomic mass is 9.97. The fraction of sp³-hybridized carbons (Fsp3) is 0.238. The molecule has 0 spiro atoms. The second-order valence-corrected chi connectivity index (χ2v) is 7.71. The van der Waals surface area contributed by atoms with Crippen LogP contribution in [0.1, 0.15) is 35.0 Å². The molecule has 1 atom stereocenters. The highest BCUT2D eigenvalue weighted by molar-refractivity contribution is 7.08. The van der Waals surface area contributed by atoms with E-state index in [1.807, 2.05) is 52.1 Å². The normalized spacial score (nSPS) is 17.1. The highest BCUT2D eigenvalue weighted by atomic mass is 32.1. The van der Waals surface area contributed by atoms with Crippen molar-refractivity contribution in [3.8, 4) is 11.6 Å². The monoisotopic (exact) mass is 390 g/mol. The molecule has 0 unspecified atom stereocenters. The van der Waals surface area contributed by atoms with Gasteiger partial charge in [0.05, 0.1) is 11.5 Å². The van der Waals surface area contributed by atoms with E-state index >= 15 is 0 Å². The molecule has 0 N–H and O–H groups in total. The maximum Gasteiger partial charge on any atom is 0.266 e. The third-order valence-electron chi connectivity index (χ3n) is 5.14. The zero-order valence-corrected chi connectivity index (χ0v) is 15.9. The van der Waals surface area contributed by atoms with E-state index in [2.05, 4.69) is 15.2 Å². The Balaban J connectivity index is 1.40. The van der Waals surface area contributed by atoms with Gasteiger partial charge in [0.15, 0.2) is 0 Å². The summed E-state index contributed by atoms with van der Waals surface area (Å²) >= 11 is 1.54.